The number of hydrogen-bond acceptors (Lipinski definition) is 6. The predicted molar refractivity (Wildman–Crippen MR) is 90.0 cm³/mol. The van der Waals surface area contributed by atoms with Gasteiger partial charge in [-0.25, -0.2) is 9.67 Å². The molecule has 2 aromatic rings. The number of rotatable bonds is 5. The van der Waals surface area contributed by atoms with Gasteiger partial charge in [0, 0.05) is 10.6 Å². The highest BCUT2D eigenvalue weighted by atomic mass is 35.5. The molecule has 1 fully saturated rings. The molecule has 0 aliphatic carbocycles. The Labute approximate surface area is 154 Å². The van der Waals surface area contributed by atoms with Crippen LogP contribution in [0.2, 0.25) is 10.0 Å². The van der Waals surface area contributed by atoms with E-state index in [0.717, 1.165) is 0 Å². The topological polar surface area (TPSA) is 104 Å². The van der Waals surface area contributed by atoms with Crippen LogP contribution in [0, 0.1) is 0 Å². The van der Waals surface area contributed by atoms with Crippen molar-refractivity contribution >= 4 is 33.3 Å². The van der Waals surface area contributed by atoms with E-state index in [1.807, 2.05) is 0 Å². The van der Waals surface area contributed by atoms with Crippen LogP contribution in [0.3, 0.4) is 0 Å². The van der Waals surface area contributed by atoms with Gasteiger partial charge < -0.3 is 9.47 Å². The van der Waals surface area contributed by atoms with Gasteiger partial charge in [0.05, 0.1) is 11.6 Å². The minimum atomic E-state index is -4.29. The highest BCUT2D eigenvalue weighted by molar-refractivity contribution is 7.86. The second kappa shape index (κ2) is 6.82. The smallest absolute Gasteiger partial charge is 0.270 e. The summed E-state index contributed by atoms with van der Waals surface area (Å²) >= 11 is 12.2. The number of benzene rings is 1. The van der Waals surface area contributed by atoms with Gasteiger partial charge in [-0.3, -0.25) is 4.55 Å². The third-order valence-electron chi connectivity index (χ3n) is 3.99. The van der Waals surface area contributed by atoms with Gasteiger partial charge in [0.15, 0.2) is 0 Å². The summed E-state index contributed by atoms with van der Waals surface area (Å²) in [7, 11) is -4.29. The van der Waals surface area contributed by atoms with Crippen molar-refractivity contribution in [2.45, 2.75) is 30.6 Å². The highest BCUT2D eigenvalue weighted by Gasteiger charge is 2.48. The van der Waals surface area contributed by atoms with Crippen LogP contribution in [0.4, 0.5) is 0 Å². The Kier molecular flexibility index (Phi) is 5.06. The molecule has 8 nitrogen and oxygen atoms in total. The van der Waals surface area contributed by atoms with Gasteiger partial charge in [-0.05, 0) is 19.1 Å². The number of nitrogens with zero attached hydrogens (tertiary/aromatic N) is 3. The van der Waals surface area contributed by atoms with Crippen LogP contribution in [0.1, 0.15) is 12.5 Å². The van der Waals surface area contributed by atoms with Gasteiger partial charge in [0.2, 0.25) is 5.79 Å². The molecule has 0 saturated carbocycles. The third kappa shape index (κ3) is 3.81. The molecule has 1 aliphatic rings. The lowest BCUT2D eigenvalue weighted by atomic mass is 10.1. The second-order valence-electron chi connectivity index (χ2n) is 5.66. The minimum absolute atomic E-state index is 0.0470. The molecular formula is C14H15Cl2N3O5S. The molecule has 0 amide bonds. The summed E-state index contributed by atoms with van der Waals surface area (Å²) in [6.45, 7) is 1.38. The predicted octanol–water partition coefficient (Wildman–Crippen LogP) is 2.13. The van der Waals surface area contributed by atoms with Crippen LogP contribution >= 0.6 is 23.2 Å². The van der Waals surface area contributed by atoms with Crippen molar-refractivity contribution in [3.63, 3.8) is 0 Å². The lowest BCUT2D eigenvalue weighted by Gasteiger charge is -2.29. The van der Waals surface area contributed by atoms with Crippen molar-refractivity contribution in [3.05, 3.63) is 46.5 Å². The largest absolute Gasteiger partial charge is 0.342 e. The Morgan fingerprint density at radius 1 is 1.48 bits per heavy atom. The van der Waals surface area contributed by atoms with Crippen LogP contribution < -0.4 is 0 Å². The monoisotopic (exact) mass is 407 g/mol. The maximum Gasteiger partial charge on any atom is 0.270 e. The fourth-order valence-corrected chi connectivity index (χ4v) is 3.66. The Bertz CT molecular complexity index is 861. The van der Waals surface area contributed by atoms with E-state index in [1.54, 1.807) is 12.1 Å². The summed E-state index contributed by atoms with van der Waals surface area (Å²) in [6.07, 6.45) is 1.94. The van der Waals surface area contributed by atoms with Crippen LogP contribution in [-0.2, 0) is 31.9 Å². The third-order valence-corrected chi connectivity index (χ3v) is 5.79. The van der Waals surface area contributed by atoms with Gasteiger partial charge in [-0.1, -0.05) is 29.3 Å². The fourth-order valence-electron chi connectivity index (χ4n) is 2.59. The maximum absolute atomic E-state index is 11.4. The minimum Gasteiger partial charge on any atom is -0.342 e. The van der Waals surface area contributed by atoms with Crippen LogP contribution in [0.25, 0.3) is 0 Å². The molecule has 1 aliphatic heterocycles. The van der Waals surface area contributed by atoms with E-state index in [1.165, 1.54) is 30.3 Å². The van der Waals surface area contributed by atoms with Crippen LogP contribution in [-0.4, -0.2) is 45.7 Å². The van der Waals surface area contributed by atoms with Gasteiger partial charge >= 0.3 is 0 Å². The van der Waals surface area contributed by atoms with E-state index >= 15 is 0 Å². The molecule has 3 rings (SSSR count). The standard InChI is InChI=1S/C14H15Cl2N3O5S/c1-9(25(20,21)22)13-5-23-14(24-13,6-19-8-17-7-18-19)11-3-2-10(15)4-12(11)16/h2-4,7-9,13H,5-6H2,1H3,(H,20,21,22). The van der Waals surface area contributed by atoms with E-state index in [0.29, 0.717) is 15.6 Å². The van der Waals surface area contributed by atoms with Crippen molar-refractivity contribution in [3.8, 4) is 0 Å². The zero-order valence-electron chi connectivity index (χ0n) is 13.0. The number of aromatic nitrogens is 3. The first kappa shape index (κ1) is 18.6. The lowest BCUT2D eigenvalue weighted by Crippen LogP contribution is -2.38. The molecule has 2 heterocycles. The van der Waals surface area contributed by atoms with Gasteiger partial charge in [0.25, 0.3) is 10.1 Å². The van der Waals surface area contributed by atoms with Gasteiger partial charge in [-0.2, -0.15) is 13.5 Å². The lowest BCUT2D eigenvalue weighted by molar-refractivity contribution is -0.188. The van der Waals surface area contributed by atoms with Gasteiger partial charge in [-0.15, -0.1) is 0 Å². The molecular weight excluding hydrogens is 393 g/mol. The number of hydrogen-bond donors (Lipinski definition) is 1. The molecule has 1 saturated heterocycles. The normalized spacial score (nSPS) is 25.2. The average molecular weight is 408 g/mol. The first-order chi connectivity index (χ1) is 11.7. The summed E-state index contributed by atoms with van der Waals surface area (Å²) in [5.74, 6) is -1.39. The van der Waals surface area contributed by atoms with Crippen molar-refractivity contribution < 1.29 is 22.4 Å². The van der Waals surface area contributed by atoms with E-state index in [-0.39, 0.29) is 13.2 Å². The molecule has 0 spiro atoms. The number of ether oxygens (including phenoxy) is 2. The molecule has 1 aromatic carbocycles. The SMILES string of the molecule is CC(C1COC(Cn2cncn2)(c2ccc(Cl)cc2Cl)O1)S(=O)(=O)O. The zero-order valence-corrected chi connectivity index (χ0v) is 15.4. The molecule has 1 aromatic heterocycles. The summed E-state index contributed by atoms with van der Waals surface area (Å²) in [5, 5.41) is 3.59. The molecule has 3 atom stereocenters. The fraction of sp³-hybridized carbons (Fsp3) is 0.429. The highest BCUT2D eigenvalue weighted by Crippen LogP contribution is 2.41. The first-order valence-electron chi connectivity index (χ1n) is 7.27. The molecule has 3 unspecified atom stereocenters. The molecule has 0 radical (unpaired) electrons. The summed E-state index contributed by atoms with van der Waals surface area (Å²) in [4.78, 5) is 3.87. The van der Waals surface area contributed by atoms with Crippen LogP contribution in [0.15, 0.2) is 30.9 Å². The molecule has 25 heavy (non-hydrogen) atoms. The van der Waals surface area contributed by atoms with Crippen molar-refractivity contribution in [1.29, 1.82) is 0 Å². The van der Waals surface area contributed by atoms with E-state index in [4.69, 9.17) is 32.7 Å². The van der Waals surface area contributed by atoms with Crippen molar-refractivity contribution in [2.24, 2.45) is 0 Å². The molecule has 136 valence electrons. The van der Waals surface area contributed by atoms with Crippen LogP contribution in [0.5, 0.6) is 0 Å². The van der Waals surface area contributed by atoms with E-state index in [9.17, 15) is 13.0 Å². The number of halogens is 2. The Morgan fingerprint density at radius 3 is 2.84 bits per heavy atom. The second-order valence-corrected chi connectivity index (χ2v) is 8.27. The van der Waals surface area contributed by atoms with Gasteiger partial charge in [0.1, 0.15) is 30.6 Å². The Morgan fingerprint density at radius 2 is 2.24 bits per heavy atom. The molecule has 0 bridgehead atoms. The molecule has 11 heteroatoms. The van der Waals surface area contributed by atoms with Crippen molar-refractivity contribution in [1.82, 2.24) is 14.8 Å². The summed E-state index contributed by atoms with van der Waals surface area (Å²) in [6, 6.07) is 4.80. The Balaban J connectivity index is 1.99. The van der Waals surface area contributed by atoms with E-state index in [2.05, 4.69) is 10.1 Å². The first-order valence-corrected chi connectivity index (χ1v) is 9.53. The van der Waals surface area contributed by atoms with Crippen molar-refractivity contribution in [2.75, 3.05) is 6.61 Å². The average Bonchev–Trinajstić information content (AvgIpc) is 3.16. The summed E-state index contributed by atoms with van der Waals surface area (Å²) < 4.78 is 45.4. The maximum atomic E-state index is 11.4. The summed E-state index contributed by atoms with van der Waals surface area (Å²) in [5.41, 5.74) is 0.471. The Hall–Kier alpha value is -1.23. The zero-order chi connectivity index (χ0) is 18.2. The quantitative estimate of drug-likeness (QED) is 0.756. The molecule has 1 N–H and O–H groups in total. The van der Waals surface area contributed by atoms with E-state index < -0.39 is 27.3 Å².